The minimum absolute atomic E-state index is 0.499. The molecule has 1 atom stereocenters. The number of methoxy groups -OCH3 is 1. The van der Waals surface area contributed by atoms with Crippen molar-refractivity contribution < 1.29 is 14.3 Å². The molecule has 0 fully saturated rings. The Morgan fingerprint density at radius 2 is 1.66 bits per heavy atom. The fourth-order valence-electron chi connectivity index (χ4n) is 4.12. The van der Waals surface area contributed by atoms with E-state index < -0.39 is 0 Å². The molecular weight excluding hydrogens is 508 g/mol. The van der Waals surface area contributed by atoms with Gasteiger partial charge in [0.15, 0.2) is 0 Å². The predicted octanol–water partition coefficient (Wildman–Crippen LogP) is 7.70. The highest BCUT2D eigenvalue weighted by Gasteiger charge is 2.07. The van der Waals surface area contributed by atoms with Gasteiger partial charge in [-0.25, -0.2) is 0 Å². The van der Waals surface area contributed by atoms with Gasteiger partial charge in [-0.2, -0.15) is 0 Å². The molecular formula is C36H46N2O3. The van der Waals surface area contributed by atoms with Gasteiger partial charge in [-0.15, -0.1) is 0 Å². The Hall–Kier alpha value is -4.09. The molecule has 218 valence electrons. The van der Waals surface area contributed by atoms with E-state index in [4.69, 9.17) is 9.47 Å². The van der Waals surface area contributed by atoms with Crippen LogP contribution in [0.25, 0.3) is 0 Å². The summed E-state index contributed by atoms with van der Waals surface area (Å²) in [6.45, 7) is 7.49. The summed E-state index contributed by atoms with van der Waals surface area (Å²) in [5.74, 6) is 1.70. The summed E-state index contributed by atoms with van der Waals surface area (Å²) >= 11 is 0. The minimum atomic E-state index is 0.499. The summed E-state index contributed by atoms with van der Waals surface area (Å²) in [6.07, 6.45) is 15.1. The van der Waals surface area contributed by atoms with Crippen LogP contribution < -0.4 is 20.1 Å². The van der Waals surface area contributed by atoms with Gasteiger partial charge in [-0.3, -0.25) is 4.79 Å². The molecule has 41 heavy (non-hydrogen) atoms. The first kappa shape index (κ1) is 33.1. The lowest BCUT2D eigenvalue weighted by Gasteiger charge is -2.18. The molecule has 0 unspecified atom stereocenters. The molecule has 4 rings (SSSR count). The van der Waals surface area contributed by atoms with Gasteiger partial charge in [-0.05, 0) is 92.9 Å². The van der Waals surface area contributed by atoms with Gasteiger partial charge in [0.25, 0.3) is 0 Å². The number of rotatable bonds is 13. The largest absolute Gasteiger partial charge is 0.497 e. The van der Waals surface area contributed by atoms with Crippen molar-refractivity contribution in [2.75, 3.05) is 20.7 Å². The molecule has 2 N–H and O–H groups in total. The first-order chi connectivity index (χ1) is 20.1. The van der Waals surface area contributed by atoms with Gasteiger partial charge in [0, 0.05) is 18.2 Å². The van der Waals surface area contributed by atoms with Gasteiger partial charge in [0.1, 0.15) is 24.4 Å². The molecule has 0 heterocycles. The fourth-order valence-corrected chi connectivity index (χ4v) is 4.12. The van der Waals surface area contributed by atoms with Gasteiger partial charge < -0.3 is 20.1 Å². The topological polar surface area (TPSA) is 59.6 Å². The Labute approximate surface area is 247 Å². The van der Waals surface area contributed by atoms with Crippen molar-refractivity contribution in [3.63, 3.8) is 0 Å². The number of nitrogens with one attached hydrogen (secondary N) is 2. The van der Waals surface area contributed by atoms with Crippen LogP contribution in [-0.4, -0.2) is 33.0 Å². The monoisotopic (exact) mass is 554 g/mol. The van der Waals surface area contributed by atoms with E-state index >= 15 is 0 Å². The number of allylic oxidation sites excluding steroid dienone is 4. The fraction of sp³-hybridized carbons (Fsp3) is 0.306. The van der Waals surface area contributed by atoms with E-state index in [-0.39, 0.29) is 0 Å². The number of benzene rings is 3. The third kappa shape index (κ3) is 14.2. The molecule has 0 radical (unpaired) electrons. The first-order valence-electron chi connectivity index (χ1n) is 14.3. The van der Waals surface area contributed by atoms with Gasteiger partial charge in [-0.1, -0.05) is 79.8 Å². The SMILES string of the molecule is C=CN[C@@H](CCC1=CC=CCC1)CNC.CCc1ccc(OCc2ccccc2)cc1.COc1ccc(C=O)cc1. The van der Waals surface area contributed by atoms with Crippen LogP contribution in [-0.2, 0) is 13.0 Å². The lowest BCUT2D eigenvalue weighted by Crippen LogP contribution is -2.34. The maximum Gasteiger partial charge on any atom is 0.150 e. The Morgan fingerprint density at radius 3 is 2.22 bits per heavy atom. The molecule has 0 saturated heterocycles. The Bertz CT molecular complexity index is 1170. The Kier molecular flexibility index (Phi) is 16.8. The molecule has 0 bridgehead atoms. The van der Waals surface area contributed by atoms with Crippen LogP contribution >= 0.6 is 0 Å². The minimum Gasteiger partial charge on any atom is -0.497 e. The zero-order valence-electron chi connectivity index (χ0n) is 24.9. The zero-order chi connectivity index (χ0) is 29.5. The average molecular weight is 555 g/mol. The van der Waals surface area contributed by atoms with Crippen molar-refractivity contribution in [3.8, 4) is 11.5 Å². The second-order valence-electron chi connectivity index (χ2n) is 9.62. The molecule has 5 heteroatoms. The molecule has 0 amide bonds. The average Bonchev–Trinajstić information content (AvgIpc) is 3.05. The molecule has 0 aliphatic heterocycles. The van der Waals surface area contributed by atoms with Gasteiger partial charge >= 0.3 is 0 Å². The number of aryl methyl sites for hydroxylation is 1. The first-order valence-corrected chi connectivity index (χ1v) is 14.3. The number of hydrogen-bond donors (Lipinski definition) is 2. The Balaban J connectivity index is 0.000000221. The maximum absolute atomic E-state index is 10.2. The smallest absolute Gasteiger partial charge is 0.150 e. The van der Waals surface area contributed by atoms with E-state index in [2.05, 4.69) is 66.6 Å². The van der Waals surface area contributed by atoms with Crippen molar-refractivity contribution in [2.24, 2.45) is 0 Å². The van der Waals surface area contributed by atoms with Crippen molar-refractivity contribution >= 4 is 6.29 Å². The van der Waals surface area contributed by atoms with Crippen molar-refractivity contribution in [1.82, 2.24) is 10.6 Å². The number of hydrogen-bond acceptors (Lipinski definition) is 5. The second kappa shape index (κ2) is 20.8. The number of carbonyl (C=O) groups excluding carboxylic acids is 1. The van der Waals surface area contributed by atoms with Gasteiger partial charge in [0.2, 0.25) is 0 Å². The van der Waals surface area contributed by atoms with Crippen LogP contribution in [0, 0.1) is 0 Å². The third-order valence-electron chi connectivity index (χ3n) is 6.55. The van der Waals surface area contributed by atoms with Crippen LogP contribution in [0.15, 0.2) is 115 Å². The highest BCUT2D eigenvalue weighted by atomic mass is 16.5. The van der Waals surface area contributed by atoms with Crippen molar-refractivity contribution in [2.45, 2.75) is 51.7 Å². The molecule has 1 aliphatic carbocycles. The summed E-state index contributed by atoms with van der Waals surface area (Å²) in [5, 5.41) is 6.48. The van der Waals surface area contributed by atoms with E-state index in [1.165, 1.54) is 36.8 Å². The van der Waals surface area contributed by atoms with Crippen LogP contribution in [0.5, 0.6) is 11.5 Å². The predicted molar refractivity (Wildman–Crippen MR) is 172 cm³/mol. The summed E-state index contributed by atoms with van der Waals surface area (Å²) in [6, 6.07) is 25.9. The summed E-state index contributed by atoms with van der Waals surface area (Å²) < 4.78 is 10.6. The summed E-state index contributed by atoms with van der Waals surface area (Å²) in [5.41, 5.74) is 4.78. The number of aldehydes is 1. The van der Waals surface area contributed by atoms with E-state index in [1.54, 1.807) is 43.1 Å². The summed E-state index contributed by atoms with van der Waals surface area (Å²) in [7, 11) is 3.58. The molecule has 3 aromatic carbocycles. The molecule has 3 aromatic rings. The van der Waals surface area contributed by atoms with Crippen LogP contribution in [0.4, 0.5) is 0 Å². The maximum atomic E-state index is 10.2. The standard InChI is InChI=1S/C15H16O.C13H22N2.C8H8O2/c1-2-13-8-10-15(11-9-13)16-12-14-6-4-3-5-7-14;1-3-15-13(11-14-2)10-9-12-7-5-4-6-8-12;1-10-8-4-2-7(6-9)3-5-8/h3-11H,2,12H2,1H3;3-5,7,13-15H,1,6,8-11H2,2H3;2-6H,1H3/t;13-;/m.0./s1. The quantitative estimate of drug-likeness (QED) is 0.212. The second-order valence-corrected chi connectivity index (χ2v) is 9.62. The Morgan fingerprint density at radius 1 is 0.951 bits per heavy atom. The van der Waals surface area contributed by atoms with Crippen molar-refractivity contribution in [3.05, 3.63) is 132 Å². The molecule has 0 spiro atoms. The number of likely N-dealkylation sites (N-methyl/N-ethyl adjacent to an activating group) is 1. The van der Waals surface area contributed by atoms with Gasteiger partial charge in [0.05, 0.1) is 7.11 Å². The van der Waals surface area contributed by atoms with E-state index in [1.807, 2.05) is 37.4 Å². The van der Waals surface area contributed by atoms with E-state index in [0.29, 0.717) is 18.2 Å². The highest BCUT2D eigenvalue weighted by molar-refractivity contribution is 5.74. The lowest BCUT2D eigenvalue weighted by molar-refractivity contribution is 0.112. The molecule has 0 aromatic heterocycles. The molecule has 0 saturated carbocycles. The zero-order valence-corrected chi connectivity index (χ0v) is 24.9. The van der Waals surface area contributed by atoms with E-state index in [0.717, 1.165) is 30.8 Å². The van der Waals surface area contributed by atoms with Crippen molar-refractivity contribution in [1.29, 1.82) is 0 Å². The van der Waals surface area contributed by atoms with Crippen LogP contribution in [0.3, 0.4) is 0 Å². The van der Waals surface area contributed by atoms with Crippen LogP contribution in [0.2, 0.25) is 0 Å². The molecule has 1 aliphatic rings. The summed E-state index contributed by atoms with van der Waals surface area (Å²) in [4.78, 5) is 10.2. The molecule has 5 nitrogen and oxygen atoms in total. The number of carbonyl (C=O) groups is 1. The highest BCUT2D eigenvalue weighted by Crippen LogP contribution is 2.18. The number of ether oxygens (including phenoxy) is 2. The third-order valence-corrected chi connectivity index (χ3v) is 6.55. The van der Waals surface area contributed by atoms with E-state index in [9.17, 15) is 4.79 Å². The normalized spacial score (nSPS) is 12.3. The lowest BCUT2D eigenvalue weighted by atomic mass is 9.98. The van der Waals surface area contributed by atoms with Crippen LogP contribution in [0.1, 0.15) is 54.1 Å².